The number of halogens is 2. The molecule has 2 rings (SSSR count). The second-order valence-corrected chi connectivity index (χ2v) is 5.87. The molecular weight excluding hydrogens is 324 g/mol. The Balaban J connectivity index is 2.20. The van der Waals surface area contributed by atoms with Crippen LogP contribution in [0.1, 0.15) is 22.1 Å². The van der Waals surface area contributed by atoms with Gasteiger partial charge in [-0.15, -0.1) is 11.6 Å². The molecule has 0 amide bonds. The van der Waals surface area contributed by atoms with Gasteiger partial charge in [-0.2, -0.15) is 0 Å². The zero-order valence-corrected chi connectivity index (χ0v) is 13.3. The monoisotopic (exact) mass is 338 g/mol. The van der Waals surface area contributed by atoms with E-state index in [0.717, 1.165) is 27.8 Å². The van der Waals surface area contributed by atoms with Gasteiger partial charge in [0.1, 0.15) is 5.75 Å². The Bertz CT molecular complexity index is 568. The molecule has 19 heavy (non-hydrogen) atoms. The summed E-state index contributed by atoms with van der Waals surface area (Å²) < 4.78 is 6.45. The summed E-state index contributed by atoms with van der Waals surface area (Å²) in [6, 6.07) is 14.2. The van der Waals surface area contributed by atoms with E-state index in [1.165, 1.54) is 5.56 Å². The van der Waals surface area contributed by atoms with Crippen molar-refractivity contribution in [3.63, 3.8) is 0 Å². The van der Waals surface area contributed by atoms with Gasteiger partial charge in [0.25, 0.3) is 0 Å². The predicted molar refractivity (Wildman–Crippen MR) is 84.2 cm³/mol. The highest BCUT2D eigenvalue weighted by Crippen LogP contribution is 2.31. The molecule has 1 nitrogen and oxygen atoms in total. The first-order valence-corrected chi connectivity index (χ1v) is 7.36. The van der Waals surface area contributed by atoms with Gasteiger partial charge >= 0.3 is 0 Å². The van der Waals surface area contributed by atoms with Crippen LogP contribution in [0, 0.1) is 6.92 Å². The fraction of sp³-hybridized carbons (Fsp3) is 0.250. The molecule has 3 heteroatoms. The van der Waals surface area contributed by atoms with Crippen molar-refractivity contribution in [3.05, 3.63) is 63.6 Å². The number of hydrogen-bond donors (Lipinski definition) is 0. The highest BCUT2D eigenvalue weighted by molar-refractivity contribution is 9.10. The first-order chi connectivity index (χ1) is 9.11. The number of alkyl halides is 1. The van der Waals surface area contributed by atoms with Crippen LogP contribution in [0.4, 0.5) is 0 Å². The molecule has 2 aromatic carbocycles. The van der Waals surface area contributed by atoms with Crippen molar-refractivity contribution in [1.29, 1.82) is 0 Å². The molecule has 2 aromatic rings. The van der Waals surface area contributed by atoms with Crippen LogP contribution in [0.5, 0.6) is 5.75 Å². The van der Waals surface area contributed by atoms with E-state index in [9.17, 15) is 0 Å². The quantitative estimate of drug-likeness (QED) is 0.688. The summed E-state index contributed by atoms with van der Waals surface area (Å²) in [6.07, 6.45) is 0.751. The summed E-state index contributed by atoms with van der Waals surface area (Å²) in [4.78, 5) is 0. The van der Waals surface area contributed by atoms with Crippen LogP contribution in [-0.2, 0) is 6.42 Å². The fourth-order valence-electron chi connectivity index (χ4n) is 1.99. The normalized spacial score (nSPS) is 12.2. The number of methoxy groups -OCH3 is 1. The molecule has 0 radical (unpaired) electrons. The van der Waals surface area contributed by atoms with Gasteiger partial charge in [-0.25, -0.2) is 0 Å². The first-order valence-electron chi connectivity index (χ1n) is 6.14. The molecule has 0 fully saturated rings. The minimum absolute atomic E-state index is 0.0619. The Kier molecular flexibility index (Phi) is 4.89. The predicted octanol–water partition coefficient (Wildman–Crippen LogP) is 5.29. The highest BCUT2D eigenvalue weighted by Gasteiger charge is 2.12. The third-order valence-electron chi connectivity index (χ3n) is 3.15. The van der Waals surface area contributed by atoms with Gasteiger partial charge in [-0.3, -0.25) is 0 Å². The Morgan fingerprint density at radius 1 is 1.21 bits per heavy atom. The number of aryl methyl sites for hydroxylation is 1. The second kappa shape index (κ2) is 6.44. The third-order valence-corrected chi connectivity index (χ3v) is 4.41. The maximum absolute atomic E-state index is 6.52. The van der Waals surface area contributed by atoms with E-state index in [1.807, 2.05) is 18.2 Å². The molecule has 1 unspecified atom stereocenters. The van der Waals surface area contributed by atoms with Crippen molar-refractivity contribution in [2.24, 2.45) is 0 Å². The smallest absolute Gasteiger partial charge is 0.122 e. The second-order valence-electron chi connectivity index (χ2n) is 4.49. The topological polar surface area (TPSA) is 9.23 Å². The molecule has 1 atom stereocenters. The number of ether oxygens (including phenoxy) is 1. The molecule has 0 heterocycles. The minimum Gasteiger partial charge on any atom is -0.496 e. The van der Waals surface area contributed by atoms with E-state index in [-0.39, 0.29) is 5.38 Å². The summed E-state index contributed by atoms with van der Waals surface area (Å²) in [5.41, 5.74) is 3.46. The zero-order valence-electron chi connectivity index (χ0n) is 11.0. The Morgan fingerprint density at radius 3 is 2.63 bits per heavy atom. The standard InChI is InChI=1S/C16H16BrClO/c1-11-7-8-12(9-14(11)17)15(18)10-13-5-3-4-6-16(13)19-2/h3-9,15H,10H2,1-2H3. The molecule has 0 N–H and O–H groups in total. The molecule has 0 aliphatic heterocycles. The number of rotatable bonds is 4. The largest absolute Gasteiger partial charge is 0.496 e. The van der Waals surface area contributed by atoms with E-state index in [1.54, 1.807) is 7.11 Å². The van der Waals surface area contributed by atoms with Gasteiger partial charge in [-0.1, -0.05) is 46.3 Å². The van der Waals surface area contributed by atoms with Crippen LogP contribution in [-0.4, -0.2) is 7.11 Å². The van der Waals surface area contributed by atoms with Crippen LogP contribution in [0.25, 0.3) is 0 Å². The molecule has 0 aliphatic rings. The van der Waals surface area contributed by atoms with Crippen LogP contribution in [0.15, 0.2) is 46.9 Å². The van der Waals surface area contributed by atoms with Crippen LogP contribution in [0.3, 0.4) is 0 Å². The van der Waals surface area contributed by atoms with Crippen molar-refractivity contribution >= 4 is 27.5 Å². The number of benzene rings is 2. The SMILES string of the molecule is COc1ccccc1CC(Cl)c1ccc(C)c(Br)c1. The molecule has 100 valence electrons. The molecule has 0 saturated carbocycles. The lowest BCUT2D eigenvalue weighted by molar-refractivity contribution is 0.409. The van der Waals surface area contributed by atoms with E-state index in [4.69, 9.17) is 16.3 Å². The van der Waals surface area contributed by atoms with Gasteiger partial charge in [-0.05, 0) is 42.2 Å². The van der Waals surface area contributed by atoms with Crippen molar-refractivity contribution < 1.29 is 4.74 Å². The van der Waals surface area contributed by atoms with Gasteiger partial charge in [0.2, 0.25) is 0 Å². The maximum atomic E-state index is 6.52. The molecule has 0 bridgehead atoms. The first kappa shape index (κ1) is 14.4. The van der Waals surface area contributed by atoms with Crippen molar-refractivity contribution in [2.75, 3.05) is 7.11 Å². The summed E-state index contributed by atoms with van der Waals surface area (Å²) in [6.45, 7) is 2.07. The van der Waals surface area contributed by atoms with Crippen LogP contribution in [0.2, 0.25) is 0 Å². The van der Waals surface area contributed by atoms with Crippen LogP contribution >= 0.6 is 27.5 Å². The number of hydrogen-bond acceptors (Lipinski definition) is 1. The van der Waals surface area contributed by atoms with Crippen molar-refractivity contribution in [1.82, 2.24) is 0 Å². The van der Waals surface area contributed by atoms with Crippen molar-refractivity contribution in [3.8, 4) is 5.75 Å². The van der Waals surface area contributed by atoms with Gasteiger partial charge in [0.05, 0.1) is 12.5 Å². The Hall–Kier alpha value is -0.990. The van der Waals surface area contributed by atoms with Gasteiger partial charge < -0.3 is 4.74 Å². The van der Waals surface area contributed by atoms with Gasteiger partial charge in [0.15, 0.2) is 0 Å². The average molecular weight is 340 g/mol. The highest BCUT2D eigenvalue weighted by atomic mass is 79.9. The number of para-hydroxylation sites is 1. The summed E-state index contributed by atoms with van der Waals surface area (Å²) >= 11 is 10.1. The molecular formula is C16H16BrClO. The summed E-state index contributed by atoms with van der Waals surface area (Å²) in [7, 11) is 1.69. The third kappa shape index (κ3) is 3.52. The Labute approximate surface area is 127 Å². The molecule has 0 spiro atoms. The van der Waals surface area contributed by atoms with Crippen molar-refractivity contribution in [2.45, 2.75) is 18.7 Å². The summed E-state index contributed by atoms with van der Waals surface area (Å²) in [5.74, 6) is 0.888. The van der Waals surface area contributed by atoms with Crippen LogP contribution < -0.4 is 4.74 Å². The van der Waals surface area contributed by atoms with E-state index >= 15 is 0 Å². The molecule has 0 aliphatic carbocycles. The van der Waals surface area contributed by atoms with E-state index in [2.05, 4.69) is 47.1 Å². The average Bonchev–Trinajstić information content (AvgIpc) is 2.42. The molecule has 0 saturated heterocycles. The lowest BCUT2D eigenvalue weighted by Crippen LogP contribution is -1.99. The maximum Gasteiger partial charge on any atom is 0.122 e. The zero-order chi connectivity index (χ0) is 13.8. The van der Waals surface area contributed by atoms with Gasteiger partial charge in [0, 0.05) is 4.47 Å². The summed E-state index contributed by atoms with van der Waals surface area (Å²) in [5, 5.41) is -0.0619. The fourth-order valence-corrected chi connectivity index (χ4v) is 2.68. The Morgan fingerprint density at radius 2 is 1.95 bits per heavy atom. The lowest BCUT2D eigenvalue weighted by Gasteiger charge is -2.14. The minimum atomic E-state index is -0.0619. The van der Waals surface area contributed by atoms with E-state index < -0.39 is 0 Å². The lowest BCUT2D eigenvalue weighted by atomic mass is 10.0. The van der Waals surface area contributed by atoms with E-state index in [0.29, 0.717) is 0 Å². The molecule has 0 aromatic heterocycles.